The first-order valence-corrected chi connectivity index (χ1v) is 8.57. The zero-order valence-electron chi connectivity index (χ0n) is 13.1. The molecule has 0 amide bonds. The van der Waals surface area contributed by atoms with Crippen molar-refractivity contribution in [3.63, 3.8) is 0 Å². The van der Waals surface area contributed by atoms with Crippen LogP contribution in [-0.2, 0) is 0 Å². The van der Waals surface area contributed by atoms with Gasteiger partial charge >= 0.3 is 0 Å². The topological polar surface area (TPSA) is 12.0 Å². The highest BCUT2D eigenvalue weighted by Gasteiger charge is 2.39. The number of benzene rings is 1. The molecule has 0 heterocycles. The molecule has 1 aromatic rings. The zero-order valence-corrected chi connectivity index (χ0v) is 13.1. The fraction of sp³-hybridized carbons (Fsp3) is 0.684. The standard InChI is InChI=1S/C19H29N/c1-3-20-18(19(2)13-6-7-14-19)17-12-5-4-11-16(17)15-9-8-10-15/h4-5,11-12,15,18,20H,3,6-10,13-14H2,1-2H3. The van der Waals surface area contributed by atoms with Crippen molar-refractivity contribution in [3.8, 4) is 0 Å². The molecule has 3 rings (SSSR count). The van der Waals surface area contributed by atoms with E-state index in [0.29, 0.717) is 11.5 Å². The van der Waals surface area contributed by atoms with E-state index in [1.807, 2.05) is 0 Å². The molecule has 0 bridgehead atoms. The van der Waals surface area contributed by atoms with Gasteiger partial charge in [0, 0.05) is 6.04 Å². The fourth-order valence-electron chi connectivity index (χ4n) is 4.27. The number of hydrogen-bond acceptors (Lipinski definition) is 1. The van der Waals surface area contributed by atoms with Crippen LogP contribution in [0.15, 0.2) is 24.3 Å². The van der Waals surface area contributed by atoms with Gasteiger partial charge in [0.15, 0.2) is 0 Å². The summed E-state index contributed by atoms with van der Waals surface area (Å²) in [5, 5.41) is 3.82. The molecule has 1 nitrogen and oxygen atoms in total. The second-order valence-electron chi connectivity index (χ2n) is 7.11. The minimum atomic E-state index is 0.454. The average molecular weight is 271 g/mol. The average Bonchev–Trinajstić information content (AvgIpc) is 2.83. The van der Waals surface area contributed by atoms with Crippen LogP contribution in [0, 0.1) is 5.41 Å². The van der Waals surface area contributed by atoms with Gasteiger partial charge in [-0.3, -0.25) is 0 Å². The van der Waals surface area contributed by atoms with Gasteiger partial charge in [-0.2, -0.15) is 0 Å². The second-order valence-corrected chi connectivity index (χ2v) is 7.11. The summed E-state index contributed by atoms with van der Waals surface area (Å²) in [6, 6.07) is 9.80. The van der Waals surface area contributed by atoms with E-state index in [1.165, 1.54) is 44.9 Å². The van der Waals surface area contributed by atoms with E-state index in [4.69, 9.17) is 0 Å². The fourth-order valence-corrected chi connectivity index (χ4v) is 4.27. The van der Waals surface area contributed by atoms with Crippen molar-refractivity contribution in [2.75, 3.05) is 6.54 Å². The van der Waals surface area contributed by atoms with Crippen LogP contribution in [0.25, 0.3) is 0 Å². The minimum absolute atomic E-state index is 0.454. The maximum Gasteiger partial charge on any atom is 0.0377 e. The summed E-state index contributed by atoms with van der Waals surface area (Å²) in [6.45, 7) is 5.82. The molecule has 0 radical (unpaired) electrons. The molecule has 20 heavy (non-hydrogen) atoms. The van der Waals surface area contributed by atoms with Crippen molar-refractivity contribution in [1.29, 1.82) is 0 Å². The summed E-state index contributed by atoms with van der Waals surface area (Å²) < 4.78 is 0. The minimum Gasteiger partial charge on any atom is -0.310 e. The Labute approximate surface area is 124 Å². The molecule has 1 unspecified atom stereocenters. The summed E-state index contributed by atoms with van der Waals surface area (Å²) in [5.41, 5.74) is 3.69. The normalized spacial score (nSPS) is 23.5. The van der Waals surface area contributed by atoms with Crippen LogP contribution in [-0.4, -0.2) is 6.54 Å². The molecule has 2 aliphatic carbocycles. The van der Waals surface area contributed by atoms with E-state index < -0.39 is 0 Å². The molecule has 110 valence electrons. The summed E-state index contributed by atoms with van der Waals surface area (Å²) >= 11 is 0. The summed E-state index contributed by atoms with van der Waals surface area (Å²) in [5.74, 6) is 0.831. The molecule has 0 spiro atoms. The first-order chi connectivity index (χ1) is 9.74. The molecule has 2 aliphatic rings. The van der Waals surface area contributed by atoms with E-state index in [2.05, 4.69) is 43.4 Å². The second kappa shape index (κ2) is 5.89. The smallest absolute Gasteiger partial charge is 0.0377 e. The molecule has 1 heteroatoms. The Morgan fingerprint density at radius 2 is 1.85 bits per heavy atom. The van der Waals surface area contributed by atoms with Gasteiger partial charge in [0.1, 0.15) is 0 Å². The summed E-state index contributed by atoms with van der Waals surface area (Å²) in [7, 11) is 0. The third-order valence-electron chi connectivity index (χ3n) is 5.70. The molecule has 2 saturated carbocycles. The maximum atomic E-state index is 3.82. The third kappa shape index (κ3) is 2.53. The predicted octanol–water partition coefficient (Wildman–Crippen LogP) is 5.19. The van der Waals surface area contributed by atoms with E-state index in [1.54, 1.807) is 11.1 Å². The molecule has 1 N–H and O–H groups in total. The SMILES string of the molecule is CCNC(c1ccccc1C1CCC1)C1(C)CCCC1. The van der Waals surface area contributed by atoms with Gasteiger partial charge in [0.05, 0.1) is 0 Å². The lowest BCUT2D eigenvalue weighted by molar-refractivity contribution is 0.223. The lowest BCUT2D eigenvalue weighted by atomic mass is 9.71. The van der Waals surface area contributed by atoms with Crippen LogP contribution in [0.2, 0.25) is 0 Å². The summed E-state index contributed by atoms with van der Waals surface area (Å²) in [6.07, 6.45) is 9.78. The van der Waals surface area contributed by atoms with Gasteiger partial charge in [0.25, 0.3) is 0 Å². The Balaban J connectivity index is 1.94. The highest BCUT2D eigenvalue weighted by atomic mass is 14.9. The van der Waals surface area contributed by atoms with Gasteiger partial charge in [0.2, 0.25) is 0 Å². The van der Waals surface area contributed by atoms with E-state index in [0.717, 1.165) is 12.5 Å². The monoisotopic (exact) mass is 271 g/mol. The van der Waals surface area contributed by atoms with Crippen molar-refractivity contribution >= 4 is 0 Å². The molecular formula is C19H29N. The van der Waals surface area contributed by atoms with Gasteiger partial charge in [-0.25, -0.2) is 0 Å². The van der Waals surface area contributed by atoms with E-state index >= 15 is 0 Å². The third-order valence-corrected chi connectivity index (χ3v) is 5.70. The lowest BCUT2D eigenvalue weighted by Gasteiger charge is -2.38. The Morgan fingerprint density at radius 3 is 2.45 bits per heavy atom. The largest absolute Gasteiger partial charge is 0.310 e. The highest BCUT2D eigenvalue weighted by molar-refractivity contribution is 5.35. The van der Waals surface area contributed by atoms with Gasteiger partial charge in [-0.15, -0.1) is 0 Å². The molecule has 1 atom stereocenters. The Kier molecular flexibility index (Phi) is 4.16. The molecule has 0 aromatic heterocycles. The molecule has 0 aliphatic heterocycles. The lowest BCUT2D eigenvalue weighted by Crippen LogP contribution is -2.35. The van der Waals surface area contributed by atoms with Crippen molar-refractivity contribution in [1.82, 2.24) is 5.32 Å². The highest BCUT2D eigenvalue weighted by Crippen LogP contribution is 2.49. The molecular weight excluding hydrogens is 242 g/mol. The Bertz CT molecular complexity index is 441. The van der Waals surface area contributed by atoms with Crippen molar-refractivity contribution < 1.29 is 0 Å². The van der Waals surface area contributed by atoms with E-state index in [9.17, 15) is 0 Å². The molecule has 0 saturated heterocycles. The van der Waals surface area contributed by atoms with Crippen LogP contribution in [0.4, 0.5) is 0 Å². The van der Waals surface area contributed by atoms with Gasteiger partial charge in [-0.1, -0.05) is 57.4 Å². The maximum absolute atomic E-state index is 3.82. The zero-order chi connectivity index (χ0) is 14.0. The first-order valence-electron chi connectivity index (χ1n) is 8.57. The van der Waals surface area contributed by atoms with Gasteiger partial charge < -0.3 is 5.32 Å². The van der Waals surface area contributed by atoms with Gasteiger partial charge in [-0.05, 0) is 54.7 Å². The van der Waals surface area contributed by atoms with Crippen molar-refractivity contribution in [3.05, 3.63) is 35.4 Å². The van der Waals surface area contributed by atoms with Crippen LogP contribution >= 0.6 is 0 Å². The quantitative estimate of drug-likeness (QED) is 0.777. The van der Waals surface area contributed by atoms with Crippen molar-refractivity contribution in [2.24, 2.45) is 5.41 Å². The Hall–Kier alpha value is -0.820. The first kappa shape index (κ1) is 14.1. The Morgan fingerprint density at radius 1 is 1.15 bits per heavy atom. The molecule has 1 aromatic carbocycles. The van der Waals surface area contributed by atoms with Crippen LogP contribution in [0.1, 0.15) is 81.9 Å². The van der Waals surface area contributed by atoms with Crippen LogP contribution in [0.5, 0.6) is 0 Å². The predicted molar refractivity (Wildman–Crippen MR) is 86.0 cm³/mol. The molecule has 2 fully saturated rings. The van der Waals surface area contributed by atoms with E-state index in [-0.39, 0.29) is 0 Å². The number of rotatable bonds is 5. The number of nitrogens with one attached hydrogen (secondary N) is 1. The van der Waals surface area contributed by atoms with Crippen LogP contribution in [0.3, 0.4) is 0 Å². The van der Waals surface area contributed by atoms with Crippen LogP contribution < -0.4 is 5.32 Å². The summed E-state index contributed by atoms with van der Waals surface area (Å²) in [4.78, 5) is 0. The number of hydrogen-bond donors (Lipinski definition) is 1. The van der Waals surface area contributed by atoms with Crippen molar-refractivity contribution in [2.45, 2.75) is 70.8 Å².